The van der Waals surface area contributed by atoms with Crippen molar-refractivity contribution in [3.05, 3.63) is 12.2 Å². The molecule has 1 aliphatic heterocycles. The molecule has 1 fully saturated rings. The number of unbranched alkanes of at least 4 members (excludes halogenated alkanes) is 1. The molecule has 0 bridgehead atoms. The Labute approximate surface area is 129 Å². The number of hydrogen-bond acceptors (Lipinski definition) is 3. The lowest BCUT2D eigenvalue weighted by atomic mass is 9.87. The van der Waals surface area contributed by atoms with Crippen LogP contribution in [0.25, 0.3) is 0 Å². The molecule has 1 rings (SSSR count). The Kier molecular flexibility index (Phi) is 8.51. The summed E-state index contributed by atoms with van der Waals surface area (Å²) >= 11 is 0. The van der Waals surface area contributed by atoms with Gasteiger partial charge in [-0.1, -0.05) is 26.3 Å². The molecule has 1 N–H and O–H groups in total. The summed E-state index contributed by atoms with van der Waals surface area (Å²) in [6.07, 6.45) is 7.48. The fraction of sp³-hybridized carbons (Fsp3) is 0.778. The van der Waals surface area contributed by atoms with Gasteiger partial charge in [-0.05, 0) is 63.6 Å². The van der Waals surface area contributed by atoms with E-state index in [4.69, 9.17) is 0 Å². The average Bonchev–Trinajstić information content (AvgIpc) is 2.49. The minimum Gasteiger partial charge on any atom is -0.317 e. The summed E-state index contributed by atoms with van der Waals surface area (Å²) in [6, 6.07) is 0. The highest BCUT2D eigenvalue weighted by atomic mass is 16.1. The van der Waals surface area contributed by atoms with Crippen LogP contribution in [0.1, 0.15) is 65.2 Å². The standard InChI is InChI=1S/C18H31NO2/c1-4-5-6-17(15(3)20)13-14(2)18(21)8-7-16-9-11-19-12-10-16/h16-17,19H,2,4-13H2,1,3H3. The van der Waals surface area contributed by atoms with Crippen LogP contribution in [0.3, 0.4) is 0 Å². The highest BCUT2D eigenvalue weighted by Gasteiger charge is 2.20. The molecule has 1 aliphatic rings. The van der Waals surface area contributed by atoms with Crippen molar-refractivity contribution in [2.75, 3.05) is 13.1 Å². The lowest BCUT2D eigenvalue weighted by molar-refractivity contribution is -0.121. The second-order valence-electron chi connectivity index (χ2n) is 6.41. The summed E-state index contributed by atoms with van der Waals surface area (Å²) < 4.78 is 0. The van der Waals surface area contributed by atoms with Gasteiger partial charge in [-0.3, -0.25) is 9.59 Å². The quantitative estimate of drug-likeness (QED) is 0.625. The maximum atomic E-state index is 12.2. The van der Waals surface area contributed by atoms with Crippen molar-refractivity contribution in [1.29, 1.82) is 0 Å². The summed E-state index contributed by atoms with van der Waals surface area (Å²) in [5.74, 6) is 1.01. The molecule has 0 saturated carbocycles. The Hall–Kier alpha value is -0.960. The summed E-state index contributed by atoms with van der Waals surface area (Å²) in [6.45, 7) is 9.83. The number of piperidine rings is 1. The SMILES string of the molecule is C=C(CC(CCCC)C(C)=O)C(=O)CCC1CCNCC1. The average molecular weight is 293 g/mol. The fourth-order valence-corrected chi connectivity index (χ4v) is 2.99. The van der Waals surface area contributed by atoms with Crippen LogP contribution < -0.4 is 5.32 Å². The van der Waals surface area contributed by atoms with Crippen molar-refractivity contribution in [2.45, 2.75) is 65.2 Å². The Morgan fingerprint density at radius 3 is 2.52 bits per heavy atom. The highest BCUT2D eigenvalue weighted by Crippen LogP contribution is 2.23. The third kappa shape index (κ3) is 7.03. The van der Waals surface area contributed by atoms with Crippen LogP contribution in [0.2, 0.25) is 0 Å². The van der Waals surface area contributed by atoms with E-state index in [-0.39, 0.29) is 17.5 Å². The molecule has 3 heteroatoms. The first-order valence-electron chi connectivity index (χ1n) is 8.46. The van der Waals surface area contributed by atoms with Gasteiger partial charge in [0, 0.05) is 12.3 Å². The first-order valence-corrected chi connectivity index (χ1v) is 8.46. The van der Waals surface area contributed by atoms with Crippen molar-refractivity contribution >= 4 is 11.6 Å². The van der Waals surface area contributed by atoms with Gasteiger partial charge in [0.1, 0.15) is 5.78 Å². The topological polar surface area (TPSA) is 46.2 Å². The minimum atomic E-state index is -0.0136. The third-order valence-electron chi connectivity index (χ3n) is 4.61. The van der Waals surface area contributed by atoms with Crippen LogP contribution in [0, 0.1) is 11.8 Å². The summed E-state index contributed by atoms with van der Waals surface area (Å²) in [7, 11) is 0. The van der Waals surface area contributed by atoms with Gasteiger partial charge in [0.15, 0.2) is 5.78 Å². The van der Waals surface area contributed by atoms with E-state index in [1.807, 2.05) is 0 Å². The second kappa shape index (κ2) is 9.88. The van der Waals surface area contributed by atoms with Crippen LogP contribution in [0.4, 0.5) is 0 Å². The zero-order valence-corrected chi connectivity index (χ0v) is 13.7. The molecule has 0 amide bonds. The normalized spacial score (nSPS) is 17.4. The summed E-state index contributed by atoms with van der Waals surface area (Å²) in [4.78, 5) is 23.8. The Balaban J connectivity index is 2.34. The largest absolute Gasteiger partial charge is 0.317 e. The highest BCUT2D eigenvalue weighted by molar-refractivity contribution is 5.95. The van der Waals surface area contributed by atoms with Crippen molar-refractivity contribution in [3.8, 4) is 0 Å². The molecule has 1 atom stereocenters. The van der Waals surface area contributed by atoms with Gasteiger partial charge in [0.05, 0.1) is 0 Å². The minimum absolute atomic E-state index is 0.0136. The molecule has 0 aliphatic carbocycles. The predicted molar refractivity (Wildman–Crippen MR) is 87.3 cm³/mol. The molecule has 0 aromatic carbocycles. The van der Waals surface area contributed by atoms with Crippen LogP contribution in [0.5, 0.6) is 0 Å². The molecule has 1 unspecified atom stereocenters. The van der Waals surface area contributed by atoms with Gasteiger partial charge < -0.3 is 5.32 Å². The zero-order chi connectivity index (χ0) is 15.7. The van der Waals surface area contributed by atoms with Crippen molar-refractivity contribution in [3.63, 3.8) is 0 Å². The number of ketones is 2. The van der Waals surface area contributed by atoms with Crippen LogP contribution in [0.15, 0.2) is 12.2 Å². The number of allylic oxidation sites excluding steroid dienone is 1. The van der Waals surface area contributed by atoms with Crippen molar-refractivity contribution in [2.24, 2.45) is 11.8 Å². The van der Waals surface area contributed by atoms with Gasteiger partial charge in [0.25, 0.3) is 0 Å². The van der Waals surface area contributed by atoms with Crippen LogP contribution >= 0.6 is 0 Å². The van der Waals surface area contributed by atoms with Crippen molar-refractivity contribution < 1.29 is 9.59 Å². The molecular weight excluding hydrogens is 262 g/mol. The lowest BCUT2D eigenvalue weighted by Crippen LogP contribution is -2.28. The monoisotopic (exact) mass is 293 g/mol. The molecule has 3 nitrogen and oxygen atoms in total. The van der Waals surface area contributed by atoms with E-state index in [1.54, 1.807) is 6.92 Å². The van der Waals surface area contributed by atoms with Crippen molar-refractivity contribution in [1.82, 2.24) is 5.32 Å². The number of nitrogens with one attached hydrogen (secondary N) is 1. The number of Topliss-reactive ketones (excluding diaryl/α,β-unsaturated/α-hetero) is 2. The molecule has 0 radical (unpaired) electrons. The van der Waals surface area contributed by atoms with E-state index < -0.39 is 0 Å². The Bertz CT molecular complexity index is 356. The van der Waals surface area contributed by atoms with E-state index >= 15 is 0 Å². The van der Waals surface area contributed by atoms with E-state index in [2.05, 4.69) is 18.8 Å². The smallest absolute Gasteiger partial charge is 0.158 e. The predicted octanol–water partition coefficient (Wildman–Crippen LogP) is 3.68. The second-order valence-corrected chi connectivity index (χ2v) is 6.41. The van der Waals surface area contributed by atoms with Crippen LogP contribution in [-0.2, 0) is 9.59 Å². The van der Waals surface area contributed by atoms with Gasteiger partial charge >= 0.3 is 0 Å². The molecular formula is C18H31NO2. The third-order valence-corrected chi connectivity index (χ3v) is 4.61. The molecule has 21 heavy (non-hydrogen) atoms. The first-order chi connectivity index (χ1) is 10.0. The molecule has 1 saturated heterocycles. The molecule has 0 aromatic rings. The number of carbonyl (C=O) groups excluding carboxylic acids is 2. The molecule has 1 heterocycles. The van der Waals surface area contributed by atoms with Gasteiger partial charge in [-0.2, -0.15) is 0 Å². The maximum absolute atomic E-state index is 12.2. The Morgan fingerprint density at radius 2 is 1.95 bits per heavy atom. The van der Waals surface area contributed by atoms with E-state index in [0.29, 0.717) is 24.3 Å². The summed E-state index contributed by atoms with van der Waals surface area (Å²) in [5.41, 5.74) is 0.653. The lowest BCUT2D eigenvalue weighted by Gasteiger charge is -2.22. The van der Waals surface area contributed by atoms with Gasteiger partial charge in [0.2, 0.25) is 0 Å². The number of rotatable bonds is 10. The molecule has 0 spiro atoms. The van der Waals surface area contributed by atoms with Crippen LogP contribution in [-0.4, -0.2) is 24.7 Å². The van der Waals surface area contributed by atoms with Gasteiger partial charge in [-0.15, -0.1) is 0 Å². The van der Waals surface area contributed by atoms with E-state index in [1.165, 1.54) is 12.8 Å². The van der Waals surface area contributed by atoms with Gasteiger partial charge in [-0.25, -0.2) is 0 Å². The van der Waals surface area contributed by atoms with E-state index in [9.17, 15) is 9.59 Å². The Morgan fingerprint density at radius 1 is 1.29 bits per heavy atom. The first kappa shape index (κ1) is 18.1. The fourth-order valence-electron chi connectivity index (χ4n) is 2.99. The number of carbonyl (C=O) groups is 2. The van der Waals surface area contributed by atoms with E-state index in [0.717, 1.165) is 38.8 Å². The molecule has 120 valence electrons. The number of hydrogen-bond donors (Lipinski definition) is 1. The maximum Gasteiger partial charge on any atom is 0.158 e. The zero-order valence-electron chi connectivity index (χ0n) is 13.7. The molecule has 0 aromatic heterocycles. The summed E-state index contributed by atoms with van der Waals surface area (Å²) in [5, 5.41) is 3.34.